The van der Waals surface area contributed by atoms with Gasteiger partial charge in [0.15, 0.2) is 0 Å². The molecule has 1 fully saturated rings. The van der Waals surface area contributed by atoms with Gasteiger partial charge in [-0.1, -0.05) is 26.2 Å². The van der Waals surface area contributed by atoms with Gasteiger partial charge in [-0.2, -0.15) is 11.8 Å². The molecule has 0 bridgehead atoms. The van der Waals surface area contributed by atoms with Crippen LogP contribution >= 0.6 is 23.1 Å². The molecule has 1 saturated carbocycles. The zero-order valence-corrected chi connectivity index (χ0v) is 17.4. The molecule has 3 rings (SSSR count). The predicted octanol–water partition coefficient (Wildman–Crippen LogP) is 5.05. The Kier molecular flexibility index (Phi) is 7.04. The topological polar surface area (TPSA) is 55.4 Å². The highest BCUT2D eigenvalue weighted by atomic mass is 32.2. The van der Waals surface area contributed by atoms with Crippen molar-refractivity contribution < 1.29 is 14.3 Å². The zero-order chi connectivity index (χ0) is 18.5. The van der Waals surface area contributed by atoms with Crippen LogP contribution in [0.2, 0.25) is 0 Å². The van der Waals surface area contributed by atoms with E-state index in [1.807, 2.05) is 11.8 Å². The van der Waals surface area contributed by atoms with Crippen LogP contribution < -0.4 is 5.32 Å². The van der Waals surface area contributed by atoms with Crippen molar-refractivity contribution in [3.05, 3.63) is 16.0 Å². The molecule has 0 aliphatic heterocycles. The zero-order valence-electron chi connectivity index (χ0n) is 15.8. The highest BCUT2D eigenvalue weighted by molar-refractivity contribution is 7.99. The van der Waals surface area contributed by atoms with Gasteiger partial charge in [0.25, 0.3) is 0 Å². The number of thioether (sulfide) groups is 1. The lowest BCUT2D eigenvalue weighted by molar-refractivity contribution is -0.115. The molecule has 1 unspecified atom stereocenters. The maximum Gasteiger partial charge on any atom is 0.341 e. The summed E-state index contributed by atoms with van der Waals surface area (Å²) in [5.41, 5.74) is 1.68. The Morgan fingerprint density at radius 1 is 1.23 bits per heavy atom. The lowest BCUT2D eigenvalue weighted by atomic mass is 9.88. The van der Waals surface area contributed by atoms with Crippen molar-refractivity contribution in [3.63, 3.8) is 0 Å². The molecule has 0 spiro atoms. The van der Waals surface area contributed by atoms with E-state index in [-0.39, 0.29) is 11.9 Å². The third-order valence-corrected chi connectivity index (χ3v) is 7.94. The molecule has 0 saturated heterocycles. The Morgan fingerprint density at radius 2 is 2.00 bits per heavy atom. The normalized spacial score (nSPS) is 20.5. The number of nitrogens with one attached hydrogen (secondary N) is 1. The Labute approximate surface area is 164 Å². The molecular formula is C20H29NO3S2. The Bertz CT molecular complexity index is 650. The first-order chi connectivity index (χ1) is 12.6. The number of thiophene rings is 1. The molecule has 26 heavy (non-hydrogen) atoms. The average molecular weight is 396 g/mol. The van der Waals surface area contributed by atoms with E-state index in [4.69, 9.17) is 4.74 Å². The van der Waals surface area contributed by atoms with Crippen molar-refractivity contribution in [1.29, 1.82) is 0 Å². The summed E-state index contributed by atoms with van der Waals surface area (Å²) < 4.78 is 4.98. The van der Waals surface area contributed by atoms with Crippen LogP contribution in [0.4, 0.5) is 5.00 Å². The molecule has 144 valence electrons. The standard InChI is InChI=1S/C20H29NO3S2/c1-13-8-9-15-16(12-13)26-19(18(15)20(23)24-2)21-17(22)10-11-25-14-6-4-3-5-7-14/h13-14H,3-12H2,1-2H3,(H,21,22). The summed E-state index contributed by atoms with van der Waals surface area (Å²) in [5, 5.41) is 4.40. The molecule has 1 amide bonds. The smallest absolute Gasteiger partial charge is 0.341 e. The second kappa shape index (κ2) is 9.27. The lowest BCUT2D eigenvalue weighted by Crippen LogP contribution is -2.17. The number of rotatable bonds is 6. The van der Waals surface area contributed by atoms with E-state index in [2.05, 4.69) is 12.2 Å². The van der Waals surface area contributed by atoms with Crippen molar-refractivity contribution in [2.45, 2.75) is 70.0 Å². The number of ether oxygens (including phenoxy) is 1. The van der Waals surface area contributed by atoms with Crippen LogP contribution in [0.1, 0.15) is 72.7 Å². The largest absolute Gasteiger partial charge is 0.465 e. The number of esters is 1. The molecule has 6 heteroatoms. The van der Waals surface area contributed by atoms with E-state index in [9.17, 15) is 9.59 Å². The van der Waals surface area contributed by atoms with E-state index in [1.165, 1.54) is 44.1 Å². The Morgan fingerprint density at radius 3 is 2.73 bits per heavy atom. The number of hydrogen-bond donors (Lipinski definition) is 1. The fourth-order valence-corrected chi connectivity index (χ4v) is 6.61. The fourth-order valence-electron chi connectivity index (χ4n) is 3.90. The number of methoxy groups -OCH3 is 1. The van der Waals surface area contributed by atoms with Crippen molar-refractivity contribution in [1.82, 2.24) is 0 Å². The van der Waals surface area contributed by atoms with Gasteiger partial charge in [-0.3, -0.25) is 4.79 Å². The van der Waals surface area contributed by atoms with E-state index >= 15 is 0 Å². The number of carbonyl (C=O) groups excluding carboxylic acids is 2. The van der Waals surface area contributed by atoms with Crippen molar-refractivity contribution >= 4 is 40.0 Å². The first-order valence-electron chi connectivity index (χ1n) is 9.72. The molecule has 1 atom stereocenters. The van der Waals surface area contributed by atoms with Crippen LogP contribution in [0.25, 0.3) is 0 Å². The third kappa shape index (κ3) is 4.83. The van der Waals surface area contributed by atoms with Crippen molar-refractivity contribution in [2.75, 3.05) is 18.2 Å². The maximum absolute atomic E-state index is 12.4. The summed E-state index contributed by atoms with van der Waals surface area (Å²) in [6, 6.07) is 0. The van der Waals surface area contributed by atoms with Crippen LogP contribution in [0.15, 0.2) is 0 Å². The van der Waals surface area contributed by atoms with Gasteiger partial charge in [-0.15, -0.1) is 11.3 Å². The summed E-state index contributed by atoms with van der Waals surface area (Å²) >= 11 is 3.49. The van der Waals surface area contributed by atoms with Crippen molar-refractivity contribution in [3.8, 4) is 0 Å². The van der Waals surface area contributed by atoms with Crippen molar-refractivity contribution in [2.24, 2.45) is 5.92 Å². The minimum atomic E-state index is -0.330. The van der Waals surface area contributed by atoms with Crippen LogP contribution in [-0.2, 0) is 22.4 Å². The van der Waals surface area contributed by atoms with Gasteiger partial charge in [-0.25, -0.2) is 4.79 Å². The van der Waals surface area contributed by atoms with Gasteiger partial charge in [0.05, 0.1) is 12.7 Å². The van der Waals surface area contributed by atoms with Gasteiger partial charge in [-0.05, 0) is 43.6 Å². The minimum absolute atomic E-state index is 0.00473. The number of fused-ring (bicyclic) bond motifs is 1. The van der Waals surface area contributed by atoms with Crippen LogP contribution in [-0.4, -0.2) is 30.0 Å². The molecule has 0 radical (unpaired) electrons. The SMILES string of the molecule is COC(=O)c1c(NC(=O)CCSC2CCCCC2)sc2c1CCC(C)C2. The predicted molar refractivity (Wildman–Crippen MR) is 109 cm³/mol. The first kappa shape index (κ1) is 19.7. The lowest BCUT2D eigenvalue weighted by Gasteiger charge is -2.20. The molecule has 4 nitrogen and oxygen atoms in total. The van der Waals surface area contributed by atoms with Gasteiger partial charge >= 0.3 is 5.97 Å². The number of hydrogen-bond acceptors (Lipinski definition) is 5. The molecule has 2 aliphatic carbocycles. The second-order valence-electron chi connectivity index (χ2n) is 7.48. The van der Waals surface area contributed by atoms with Crippen LogP contribution in [0.3, 0.4) is 0 Å². The minimum Gasteiger partial charge on any atom is -0.465 e. The Balaban J connectivity index is 1.61. The first-order valence-corrected chi connectivity index (χ1v) is 11.6. The molecule has 1 aromatic rings. The molecule has 1 aromatic heterocycles. The number of amides is 1. The number of anilines is 1. The monoisotopic (exact) mass is 395 g/mol. The molecule has 2 aliphatic rings. The molecular weight excluding hydrogens is 366 g/mol. The van der Waals surface area contributed by atoms with E-state index in [0.29, 0.717) is 22.9 Å². The van der Waals surface area contributed by atoms with Gasteiger partial charge in [0, 0.05) is 22.3 Å². The molecule has 1 N–H and O–H groups in total. The average Bonchev–Trinajstić information content (AvgIpc) is 2.98. The number of carbonyl (C=O) groups is 2. The highest BCUT2D eigenvalue weighted by Gasteiger charge is 2.28. The second-order valence-corrected chi connectivity index (χ2v) is 9.99. The van der Waals surface area contributed by atoms with E-state index < -0.39 is 0 Å². The van der Waals surface area contributed by atoms with Gasteiger partial charge in [0.2, 0.25) is 5.91 Å². The summed E-state index contributed by atoms with van der Waals surface area (Å²) in [4.78, 5) is 25.9. The molecule has 0 aromatic carbocycles. The Hall–Kier alpha value is -1.01. The van der Waals surface area contributed by atoms with E-state index in [1.54, 1.807) is 11.3 Å². The van der Waals surface area contributed by atoms with Crippen LogP contribution in [0.5, 0.6) is 0 Å². The summed E-state index contributed by atoms with van der Waals surface area (Å²) in [7, 11) is 1.41. The van der Waals surface area contributed by atoms with Gasteiger partial charge < -0.3 is 10.1 Å². The van der Waals surface area contributed by atoms with Gasteiger partial charge in [0.1, 0.15) is 5.00 Å². The highest BCUT2D eigenvalue weighted by Crippen LogP contribution is 2.40. The quantitative estimate of drug-likeness (QED) is 0.685. The fraction of sp³-hybridized carbons (Fsp3) is 0.700. The summed E-state index contributed by atoms with van der Waals surface area (Å²) in [6.07, 6.45) is 10.0. The summed E-state index contributed by atoms with van der Waals surface area (Å²) in [6.45, 7) is 2.24. The third-order valence-electron chi connectivity index (χ3n) is 5.39. The molecule has 1 heterocycles. The van der Waals surface area contributed by atoms with Crippen LogP contribution in [0, 0.1) is 5.92 Å². The maximum atomic E-state index is 12.4. The van der Waals surface area contributed by atoms with E-state index in [0.717, 1.165) is 35.8 Å². The summed E-state index contributed by atoms with van der Waals surface area (Å²) in [5.74, 6) is 1.16.